The van der Waals surface area contributed by atoms with Crippen LogP contribution in [-0.2, 0) is 11.3 Å². The maximum absolute atomic E-state index is 5.20. The van der Waals surface area contributed by atoms with Crippen molar-refractivity contribution in [3.05, 3.63) is 41.0 Å². The first kappa shape index (κ1) is 13.5. The number of benzene rings is 1. The van der Waals surface area contributed by atoms with Gasteiger partial charge in [-0.1, -0.05) is 65.7 Å². The van der Waals surface area contributed by atoms with Gasteiger partial charge in [-0.25, -0.2) is 0 Å². The van der Waals surface area contributed by atoms with Crippen molar-refractivity contribution in [2.75, 3.05) is 12.4 Å². The molecule has 0 saturated carbocycles. The third-order valence-corrected chi connectivity index (χ3v) is 3.24. The molecule has 0 aliphatic rings. The monoisotopic (exact) mass is 282 g/mol. The molecule has 16 heavy (non-hydrogen) atoms. The first-order chi connectivity index (χ1) is 7.69. The molecule has 0 radical (unpaired) electrons. The Bertz CT molecular complexity index is 356. The van der Waals surface area contributed by atoms with Crippen LogP contribution in [0.1, 0.15) is 25.0 Å². The highest BCUT2D eigenvalue weighted by Crippen LogP contribution is 2.19. The highest BCUT2D eigenvalue weighted by Gasteiger charge is 2.04. The van der Waals surface area contributed by atoms with Crippen LogP contribution in [-0.4, -0.2) is 12.4 Å². The van der Waals surface area contributed by atoms with Crippen LogP contribution < -0.4 is 0 Å². The molecule has 0 spiro atoms. The summed E-state index contributed by atoms with van der Waals surface area (Å²) in [5.41, 5.74) is 3.90. The second kappa shape index (κ2) is 6.87. The summed E-state index contributed by atoms with van der Waals surface area (Å²) in [6, 6.07) is 8.37. The summed E-state index contributed by atoms with van der Waals surface area (Å²) in [5.74, 6) is 0.565. The molecule has 0 fully saturated rings. The van der Waals surface area contributed by atoms with Crippen molar-refractivity contribution in [2.45, 2.75) is 20.5 Å². The first-order valence-electron chi connectivity index (χ1n) is 5.52. The molecule has 0 aliphatic carbocycles. The molecular weight excluding hydrogens is 264 g/mol. The fourth-order valence-corrected chi connectivity index (χ4v) is 2.33. The Morgan fingerprint density at radius 3 is 2.62 bits per heavy atom. The normalized spacial score (nSPS) is 12.2. The fourth-order valence-electron chi connectivity index (χ4n) is 1.52. The Morgan fingerprint density at radius 1 is 1.38 bits per heavy atom. The second-order valence-corrected chi connectivity index (χ2v) is 4.70. The van der Waals surface area contributed by atoms with Crippen molar-refractivity contribution >= 4 is 22.0 Å². The van der Waals surface area contributed by atoms with Crippen LogP contribution in [0.4, 0.5) is 0 Å². The number of rotatable bonds is 5. The second-order valence-electron chi connectivity index (χ2n) is 4.14. The molecule has 0 heterocycles. The lowest BCUT2D eigenvalue weighted by molar-refractivity contribution is 0.184. The topological polar surface area (TPSA) is 9.23 Å². The Kier molecular flexibility index (Phi) is 5.78. The Labute approximate surface area is 107 Å². The molecule has 0 saturated heterocycles. The molecule has 1 nitrogen and oxygen atoms in total. The van der Waals surface area contributed by atoms with E-state index in [9.17, 15) is 0 Å². The van der Waals surface area contributed by atoms with Crippen LogP contribution >= 0.6 is 15.9 Å². The highest BCUT2D eigenvalue weighted by atomic mass is 79.9. The number of methoxy groups -OCH3 is 1. The molecule has 1 rings (SSSR count). The first-order valence-corrected chi connectivity index (χ1v) is 6.64. The molecule has 1 aromatic rings. The van der Waals surface area contributed by atoms with E-state index >= 15 is 0 Å². The Hall–Kier alpha value is -0.600. The van der Waals surface area contributed by atoms with Gasteiger partial charge in [-0.3, -0.25) is 0 Å². The van der Waals surface area contributed by atoms with Gasteiger partial charge in [-0.2, -0.15) is 0 Å². The SMILES string of the molecule is COCc1ccccc1C=C(CBr)C(C)C. The molecule has 0 unspecified atom stereocenters. The predicted octanol–water partition coefficient (Wildman–Crippen LogP) is 4.27. The Balaban J connectivity index is 3.02. The summed E-state index contributed by atoms with van der Waals surface area (Å²) in [5, 5.41) is 0.923. The highest BCUT2D eigenvalue weighted by molar-refractivity contribution is 9.09. The summed E-state index contributed by atoms with van der Waals surface area (Å²) in [6.07, 6.45) is 2.26. The summed E-state index contributed by atoms with van der Waals surface area (Å²) in [4.78, 5) is 0. The molecule has 2 heteroatoms. The number of hydrogen-bond acceptors (Lipinski definition) is 1. The van der Waals surface area contributed by atoms with Crippen molar-refractivity contribution < 1.29 is 4.74 Å². The zero-order valence-electron chi connectivity index (χ0n) is 10.2. The van der Waals surface area contributed by atoms with Gasteiger partial charge in [0.15, 0.2) is 0 Å². The van der Waals surface area contributed by atoms with Crippen molar-refractivity contribution in [3.8, 4) is 0 Å². The number of ether oxygens (including phenoxy) is 1. The van der Waals surface area contributed by atoms with Crippen molar-refractivity contribution in [1.82, 2.24) is 0 Å². The maximum atomic E-state index is 5.20. The molecule has 88 valence electrons. The van der Waals surface area contributed by atoms with Crippen molar-refractivity contribution in [3.63, 3.8) is 0 Å². The van der Waals surface area contributed by atoms with E-state index in [1.165, 1.54) is 16.7 Å². The zero-order chi connectivity index (χ0) is 12.0. The van der Waals surface area contributed by atoms with Gasteiger partial charge >= 0.3 is 0 Å². The lowest BCUT2D eigenvalue weighted by Gasteiger charge is -2.10. The molecule has 0 bridgehead atoms. The van der Waals surface area contributed by atoms with E-state index < -0.39 is 0 Å². The average molecular weight is 283 g/mol. The van der Waals surface area contributed by atoms with Crippen LogP contribution in [0.5, 0.6) is 0 Å². The predicted molar refractivity (Wildman–Crippen MR) is 73.8 cm³/mol. The minimum Gasteiger partial charge on any atom is -0.380 e. The summed E-state index contributed by atoms with van der Waals surface area (Å²) in [6.45, 7) is 5.10. The van der Waals surface area contributed by atoms with Gasteiger partial charge in [-0.15, -0.1) is 0 Å². The standard InChI is InChI=1S/C14H19BrO/c1-11(2)14(9-15)8-12-6-4-5-7-13(12)10-16-3/h4-8,11H,9-10H2,1-3H3. The summed E-state index contributed by atoms with van der Waals surface area (Å²) >= 11 is 3.54. The van der Waals surface area contributed by atoms with E-state index in [2.05, 4.69) is 60.1 Å². The minimum absolute atomic E-state index is 0.565. The van der Waals surface area contributed by atoms with E-state index in [1.807, 2.05) is 0 Å². The third-order valence-electron chi connectivity index (χ3n) is 2.59. The van der Waals surface area contributed by atoms with Crippen LogP contribution in [0.3, 0.4) is 0 Å². The smallest absolute Gasteiger partial charge is 0.0718 e. The molecule has 0 aromatic heterocycles. The van der Waals surface area contributed by atoms with E-state index in [0.717, 1.165) is 5.33 Å². The number of alkyl halides is 1. The van der Waals surface area contributed by atoms with Crippen LogP contribution in [0.15, 0.2) is 29.8 Å². The van der Waals surface area contributed by atoms with E-state index in [0.29, 0.717) is 12.5 Å². The van der Waals surface area contributed by atoms with Gasteiger partial charge in [0, 0.05) is 12.4 Å². The zero-order valence-corrected chi connectivity index (χ0v) is 11.8. The quantitative estimate of drug-likeness (QED) is 0.733. The van der Waals surface area contributed by atoms with Gasteiger partial charge < -0.3 is 4.74 Å². The van der Waals surface area contributed by atoms with Crippen molar-refractivity contribution in [1.29, 1.82) is 0 Å². The number of allylic oxidation sites excluding steroid dienone is 1. The van der Waals surface area contributed by atoms with E-state index in [4.69, 9.17) is 4.74 Å². The molecule has 0 aliphatic heterocycles. The molecule has 0 amide bonds. The summed E-state index contributed by atoms with van der Waals surface area (Å²) in [7, 11) is 1.73. The maximum Gasteiger partial charge on any atom is 0.0718 e. The van der Waals surface area contributed by atoms with Gasteiger partial charge in [0.25, 0.3) is 0 Å². The van der Waals surface area contributed by atoms with Gasteiger partial charge in [0.1, 0.15) is 0 Å². The fraction of sp³-hybridized carbons (Fsp3) is 0.429. The lowest BCUT2D eigenvalue weighted by atomic mass is 9.99. The van der Waals surface area contributed by atoms with Gasteiger partial charge in [-0.05, 0) is 17.0 Å². The third kappa shape index (κ3) is 3.76. The molecule has 0 N–H and O–H groups in total. The molecule has 1 aromatic carbocycles. The minimum atomic E-state index is 0.565. The van der Waals surface area contributed by atoms with Crippen LogP contribution in [0.2, 0.25) is 0 Å². The average Bonchev–Trinajstić information content (AvgIpc) is 2.27. The molecular formula is C14H19BrO. The van der Waals surface area contributed by atoms with Crippen LogP contribution in [0, 0.1) is 5.92 Å². The number of hydrogen-bond donors (Lipinski definition) is 0. The van der Waals surface area contributed by atoms with E-state index in [1.54, 1.807) is 7.11 Å². The lowest BCUT2D eigenvalue weighted by Crippen LogP contribution is -1.97. The largest absolute Gasteiger partial charge is 0.380 e. The summed E-state index contributed by atoms with van der Waals surface area (Å²) < 4.78 is 5.20. The van der Waals surface area contributed by atoms with Gasteiger partial charge in [0.05, 0.1) is 6.61 Å². The van der Waals surface area contributed by atoms with Crippen molar-refractivity contribution in [2.24, 2.45) is 5.92 Å². The number of halogens is 1. The van der Waals surface area contributed by atoms with Gasteiger partial charge in [0.2, 0.25) is 0 Å². The Morgan fingerprint density at radius 2 is 2.06 bits per heavy atom. The van der Waals surface area contributed by atoms with Crippen LogP contribution in [0.25, 0.3) is 6.08 Å². The van der Waals surface area contributed by atoms with E-state index in [-0.39, 0.29) is 0 Å². The molecule has 0 atom stereocenters.